The fourth-order valence-electron chi connectivity index (χ4n) is 2.33. The number of thioether (sulfide) groups is 1. The molecule has 3 rings (SSSR count). The maximum atomic E-state index is 13.7. The van der Waals surface area contributed by atoms with Crippen molar-refractivity contribution in [3.63, 3.8) is 0 Å². The summed E-state index contributed by atoms with van der Waals surface area (Å²) in [6.45, 7) is 0.253. The molecule has 1 aromatic carbocycles. The second-order valence-corrected chi connectivity index (χ2v) is 7.14. The van der Waals surface area contributed by atoms with Crippen molar-refractivity contribution in [3.05, 3.63) is 58.8 Å². The van der Waals surface area contributed by atoms with Crippen molar-refractivity contribution in [2.24, 2.45) is 0 Å². The van der Waals surface area contributed by atoms with E-state index in [0.717, 1.165) is 17.5 Å². The lowest BCUT2D eigenvalue weighted by molar-refractivity contribution is -0.128. The van der Waals surface area contributed by atoms with Gasteiger partial charge in [0.15, 0.2) is 0 Å². The fraction of sp³-hybridized carbons (Fsp3) is 0.176. The minimum Gasteiger partial charge on any atom is -0.354 e. The Morgan fingerprint density at radius 2 is 2.23 bits per heavy atom. The van der Waals surface area contributed by atoms with Crippen molar-refractivity contribution < 1.29 is 14.0 Å². The highest BCUT2D eigenvalue weighted by atomic mass is 32.2. The maximum Gasteiger partial charge on any atom is 0.266 e. The van der Waals surface area contributed by atoms with Crippen LogP contribution in [0, 0.1) is 5.82 Å². The Hall–Kier alpha value is -2.52. The van der Waals surface area contributed by atoms with Crippen LogP contribution in [0.15, 0.2) is 41.7 Å². The number of nitrogens with one attached hydrogen (secondary N) is 2. The van der Waals surface area contributed by atoms with Crippen LogP contribution in [0.1, 0.15) is 11.3 Å². The number of hydrogen-bond acceptors (Lipinski definition) is 5. The van der Waals surface area contributed by atoms with Gasteiger partial charge in [0.1, 0.15) is 16.7 Å². The predicted molar refractivity (Wildman–Crippen MR) is 102 cm³/mol. The van der Waals surface area contributed by atoms with Crippen LogP contribution >= 0.6 is 24.0 Å². The minimum atomic E-state index is -0.422. The predicted octanol–water partition coefficient (Wildman–Crippen LogP) is 2.11. The summed E-state index contributed by atoms with van der Waals surface area (Å²) >= 11 is 6.24. The molecule has 0 saturated carbocycles. The molecule has 1 aliphatic rings. The molecule has 1 fully saturated rings. The summed E-state index contributed by atoms with van der Waals surface area (Å²) < 4.78 is 14.0. The van der Waals surface area contributed by atoms with Gasteiger partial charge in [-0.1, -0.05) is 42.2 Å². The fourth-order valence-corrected chi connectivity index (χ4v) is 3.57. The van der Waals surface area contributed by atoms with Crippen molar-refractivity contribution in [2.75, 3.05) is 13.1 Å². The van der Waals surface area contributed by atoms with E-state index >= 15 is 0 Å². The van der Waals surface area contributed by atoms with Gasteiger partial charge in [-0.3, -0.25) is 14.5 Å². The van der Waals surface area contributed by atoms with Gasteiger partial charge in [-0.05, 0) is 12.1 Å². The number of amides is 2. The number of thiocarbonyl (C=S) groups is 1. The SMILES string of the molecule is O=C(CN1C(=O)/C(=C/c2ccccc2F)SC1=S)NCCc1cnc[nH]1. The van der Waals surface area contributed by atoms with Crippen LogP contribution in [0.4, 0.5) is 4.39 Å². The van der Waals surface area contributed by atoms with Crippen molar-refractivity contribution in [3.8, 4) is 0 Å². The van der Waals surface area contributed by atoms with Gasteiger partial charge < -0.3 is 10.3 Å². The number of carbonyl (C=O) groups excluding carboxylic acids is 2. The molecule has 1 aromatic heterocycles. The van der Waals surface area contributed by atoms with E-state index in [1.54, 1.807) is 30.7 Å². The van der Waals surface area contributed by atoms with Crippen LogP contribution in [0.5, 0.6) is 0 Å². The number of halogens is 1. The zero-order valence-corrected chi connectivity index (χ0v) is 15.2. The molecule has 6 nitrogen and oxygen atoms in total. The van der Waals surface area contributed by atoms with E-state index < -0.39 is 11.7 Å². The molecule has 9 heteroatoms. The van der Waals surface area contributed by atoms with Crippen molar-refractivity contribution in [2.45, 2.75) is 6.42 Å². The van der Waals surface area contributed by atoms with E-state index in [0.29, 0.717) is 23.4 Å². The monoisotopic (exact) mass is 390 g/mol. The highest BCUT2D eigenvalue weighted by Gasteiger charge is 2.33. The molecule has 2 heterocycles. The molecule has 0 bridgehead atoms. The highest BCUT2D eigenvalue weighted by molar-refractivity contribution is 8.26. The largest absolute Gasteiger partial charge is 0.354 e. The molecular weight excluding hydrogens is 375 g/mol. The first-order chi connectivity index (χ1) is 12.5. The minimum absolute atomic E-state index is 0.164. The van der Waals surface area contributed by atoms with Crippen LogP contribution in [0.2, 0.25) is 0 Å². The molecule has 0 radical (unpaired) electrons. The molecule has 134 valence electrons. The standard InChI is InChI=1S/C17H15FN4O2S2/c18-13-4-2-1-3-11(13)7-14-16(24)22(17(25)26-14)9-15(23)20-6-5-12-8-19-10-21-12/h1-4,7-8,10H,5-6,9H2,(H,19,21)(H,20,23)/b14-7-. The third-order valence-electron chi connectivity index (χ3n) is 3.64. The second kappa shape index (κ2) is 8.24. The average molecular weight is 390 g/mol. The molecule has 26 heavy (non-hydrogen) atoms. The van der Waals surface area contributed by atoms with Gasteiger partial charge in [0.25, 0.3) is 5.91 Å². The third kappa shape index (κ3) is 4.36. The zero-order chi connectivity index (χ0) is 18.5. The number of aromatic amines is 1. The Morgan fingerprint density at radius 3 is 2.96 bits per heavy atom. The number of hydrogen-bond donors (Lipinski definition) is 2. The van der Waals surface area contributed by atoms with Gasteiger partial charge >= 0.3 is 0 Å². The van der Waals surface area contributed by atoms with E-state index in [-0.39, 0.29) is 16.8 Å². The average Bonchev–Trinajstić information content (AvgIpc) is 3.21. The van der Waals surface area contributed by atoms with Gasteiger partial charge in [-0.2, -0.15) is 0 Å². The van der Waals surface area contributed by atoms with Gasteiger partial charge in [0, 0.05) is 30.4 Å². The summed E-state index contributed by atoms with van der Waals surface area (Å²) in [6.07, 6.45) is 5.31. The molecule has 2 amide bonds. The van der Waals surface area contributed by atoms with Crippen LogP contribution < -0.4 is 5.32 Å². The topological polar surface area (TPSA) is 78.1 Å². The van der Waals surface area contributed by atoms with Crippen LogP contribution in [0.25, 0.3) is 6.08 Å². The summed E-state index contributed by atoms with van der Waals surface area (Å²) in [6, 6.07) is 6.15. The summed E-state index contributed by atoms with van der Waals surface area (Å²) in [5, 5.41) is 2.73. The quantitative estimate of drug-likeness (QED) is 0.584. The summed E-state index contributed by atoms with van der Waals surface area (Å²) in [7, 11) is 0. The van der Waals surface area contributed by atoms with E-state index in [2.05, 4.69) is 15.3 Å². The molecule has 0 atom stereocenters. The first-order valence-corrected chi connectivity index (χ1v) is 9.01. The second-order valence-electron chi connectivity index (χ2n) is 5.47. The molecule has 1 saturated heterocycles. The number of nitrogens with zero attached hydrogens (tertiary/aromatic N) is 2. The normalized spacial score (nSPS) is 15.7. The first-order valence-electron chi connectivity index (χ1n) is 7.78. The lowest BCUT2D eigenvalue weighted by atomic mass is 10.2. The number of aromatic nitrogens is 2. The number of benzene rings is 1. The van der Waals surface area contributed by atoms with E-state index in [9.17, 15) is 14.0 Å². The Balaban J connectivity index is 1.58. The number of rotatable bonds is 6. The van der Waals surface area contributed by atoms with E-state index in [1.165, 1.54) is 17.0 Å². The molecule has 0 aliphatic carbocycles. The molecule has 2 N–H and O–H groups in total. The Morgan fingerprint density at radius 1 is 1.42 bits per heavy atom. The van der Waals surface area contributed by atoms with Gasteiger partial charge in [0.05, 0.1) is 11.2 Å². The molecule has 0 unspecified atom stereocenters. The summed E-state index contributed by atoms with van der Waals surface area (Å²) in [4.78, 5) is 32.9. The van der Waals surface area contributed by atoms with Gasteiger partial charge in [-0.25, -0.2) is 9.37 Å². The smallest absolute Gasteiger partial charge is 0.266 e. The van der Waals surface area contributed by atoms with Crippen molar-refractivity contribution in [1.29, 1.82) is 0 Å². The Kier molecular flexibility index (Phi) is 5.79. The summed E-state index contributed by atoms with van der Waals surface area (Å²) in [5.41, 5.74) is 1.21. The lowest BCUT2D eigenvalue weighted by Crippen LogP contribution is -2.40. The van der Waals surface area contributed by atoms with Crippen molar-refractivity contribution in [1.82, 2.24) is 20.2 Å². The van der Waals surface area contributed by atoms with Gasteiger partial charge in [-0.15, -0.1) is 0 Å². The molecule has 1 aliphatic heterocycles. The van der Waals surface area contributed by atoms with Gasteiger partial charge in [0.2, 0.25) is 5.91 Å². The Labute approximate surface area is 158 Å². The molecular formula is C17H15FN4O2S2. The molecule has 2 aromatic rings. The van der Waals surface area contributed by atoms with Crippen LogP contribution in [0.3, 0.4) is 0 Å². The van der Waals surface area contributed by atoms with Crippen molar-refractivity contribution >= 4 is 46.2 Å². The molecule has 0 spiro atoms. The summed E-state index contributed by atoms with van der Waals surface area (Å²) in [5.74, 6) is -1.13. The maximum absolute atomic E-state index is 13.7. The zero-order valence-electron chi connectivity index (χ0n) is 13.6. The van der Waals surface area contributed by atoms with Crippen LogP contribution in [-0.4, -0.2) is 44.1 Å². The van der Waals surface area contributed by atoms with E-state index in [4.69, 9.17) is 12.2 Å². The van der Waals surface area contributed by atoms with E-state index in [1.807, 2.05) is 0 Å². The Bertz CT molecular complexity index is 867. The number of imidazole rings is 1. The highest BCUT2D eigenvalue weighted by Crippen LogP contribution is 2.32. The number of H-pyrrole nitrogens is 1. The number of carbonyl (C=O) groups is 2. The first kappa shape index (κ1) is 18.3. The van der Waals surface area contributed by atoms with Crippen LogP contribution in [-0.2, 0) is 16.0 Å². The lowest BCUT2D eigenvalue weighted by Gasteiger charge is -2.14. The third-order valence-corrected chi connectivity index (χ3v) is 5.02.